The van der Waals surface area contributed by atoms with Crippen molar-refractivity contribution in [3.63, 3.8) is 0 Å². The Morgan fingerprint density at radius 3 is 2.41 bits per heavy atom. The summed E-state index contributed by atoms with van der Waals surface area (Å²) in [6.07, 6.45) is 2.55. The number of amides is 1. The summed E-state index contributed by atoms with van der Waals surface area (Å²) >= 11 is 0. The predicted octanol–water partition coefficient (Wildman–Crippen LogP) is 1.49. The van der Waals surface area contributed by atoms with Crippen molar-refractivity contribution in [2.45, 2.75) is 37.5 Å². The Morgan fingerprint density at radius 2 is 1.86 bits per heavy atom. The zero-order valence-electron chi connectivity index (χ0n) is 12.5. The first kappa shape index (κ1) is 16.6. The third kappa shape index (κ3) is 4.38. The van der Waals surface area contributed by atoms with Gasteiger partial charge in [0.15, 0.2) is 0 Å². The molecule has 1 aliphatic carbocycles. The molecule has 0 unspecified atom stereocenters. The van der Waals surface area contributed by atoms with Crippen LogP contribution in [0, 0.1) is 5.92 Å². The Kier molecular flexibility index (Phi) is 5.31. The number of hydrogen-bond acceptors (Lipinski definition) is 4. The monoisotopic (exact) mass is 324 g/mol. The van der Waals surface area contributed by atoms with Crippen molar-refractivity contribution in [1.82, 2.24) is 9.84 Å². The van der Waals surface area contributed by atoms with Crippen molar-refractivity contribution < 1.29 is 18.0 Å². The second kappa shape index (κ2) is 7.02. The molecule has 1 saturated carbocycles. The second-order valence-electron chi connectivity index (χ2n) is 5.44. The number of nitrogens with one attached hydrogen (secondary N) is 1. The Bertz CT molecular complexity index is 639. The Balaban J connectivity index is 2.15. The van der Waals surface area contributed by atoms with Crippen LogP contribution in [0.1, 0.15) is 32.6 Å². The number of carbonyl (C=O) groups excluding carboxylic acids is 2. The SMILES string of the molecule is CCCC(=O)C(=O)N(CC1CC1)NS(=O)(=O)c1ccccc1. The minimum atomic E-state index is -3.87. The van der Waals surface area contributed by atoms with E-state index in [0.29, 0.717) is 6.42 Å². The van der Waals surface area contributed by atoms with Crippen LogP contribution < -0.4 is 4.83 Å². The lowest BCUT2D eigenvalue weighted by atomic mass is 10.2. The maximum atomic E-state index is 12.3. The van der Waals surface area contributed by atoms with Gasteiger partial charge < -0.3 is 0 Å². The number of hydrazine groups is 1. The number of carbonyl (C=O) groups is 2. The number of nitrogens with zero attached hydrogens (tertiary/aromatic N) is 1. The summed E-state index contributed by atoms with van der Waals surface area (Å²) in [5.41, 5.74) is 0. The predicted molar refractivity (Wildman–Crippen MR) is 81.1 cm³/mol. The van der Waals surface area contributed by atoms with Gasteiger partial charge in [-0.15, -0.1) is 4.83 Å². The van der Waals surface area contributed by atoms with E-state index in [9.17, 15) is 18.0 Å². The first-order valence-corrected chi connectivity index (χ1v) is 8.84. The molecule has 22 heavy (non-hydrogen) atoms. The van der Waals surface area contributed by atoms with E-state index in [2.05, 4.69) is 4.83 Å². The Labute approximate surface area is 130 Å². The molecule has 1 fully saturated rings. The maximum Gasteiger partial charge on any atom is 0.304 e. The van der Waals surface area contributed by atoms with E-state index in [1.807, 2.05) is 0 Å². The van der Waals surface area contributed by atoms with Gasteiger partial charge in [0.2, 0.25) is 5.78 Å². The number of ketones is 1. The summed E-state index contributed by atoms with van der Waals surface area (Å²) in [7, 11) is -3.87. The van der Waals surface area contributed by atoms with Gasteiger partial charge in [-0.3, -0.25) is 14.6 Å². The van der Waals surface area contributed by atoms with E-state index in [-0.39, 0.29) is 23.8 Å². The zero-order valence-corrected chi connectivity index (χ0v) is 13.3. The van der Waals surface area contributed by atoms with Crippen molar-refractivity contribution in [3.8, 4) is 0 Å². The van der Waals surface area contributed by atoms with Crippen LogP contribution in [0.3, 0.4) is 0 Å². The van der Waals surface area contributed by atoms with Gasteiger partial charge >= 0.3 is 5.91 Å². The lowest BCUT2D eigenvalue weighted by Crippen LogP contribution is -2.49. The molecule has 0 aromatic heterocycles. The third-order valence-electron chi connectivity index (χ3n) is 3.38. The minimum Gasteiger partial charge on any atom is -0.289 e. The average Bonchev–Trinajstić information content (AvgIpc) is 3.31. The normalized spacial score (nSPS) is 14.6. The molecule has 1 aromatic carbocycles. The number of rotatable bonds is 8. The highest BCUT2D eigenvalue weighted by atomic mass is 32.2. The topological polar surface area (TPSA) is 83.6 Å². The van der Waals surface area contributed by atoms with Gasteiger partial charge in [0.05, 0.1) is 4.90 Å². The molecule has 1 amide bonds. The molecule has 0 atom stereocenters. The highest BCUT2D eigenvalue weighted by Gasteiger charge is 2.32. The van der Waals surface area contributed by atoms with Gasteiger partial charge in [0.25, 0.3) is 10.0 Å². The van der Waals surface area contributed by atoms with Gasteiger partial charge in [-0.05, 0) is 37.3 Å². The van der Waals surface area contributed by atoms with Crippen molar-refractivity contribution in [2.24, 2.45) is 5.92 Å². The highest BCUT2D eigenvalue weighted by molar-refractivity contribution is 7.89. The van der Waals surface area contributed by atoms with Gasteiger partial charge in [-0.25, -0.2) is 8.42 Å². The van der Waals surface area contributed by atoms with E-state index in [0.717, 1.165) is 17.9 Å². The molecule has 0 heterocycles. The molecule has 0 bridgehead atoms. The zero-order chi connectivity index (χ0) is 16.2. The smallest absolute Gasteiger partial charge is 0.289 e. The standard InChI is InChI=1S/C15H20N2O4S/c1-2-6-14(18)15(19)17(11-12-9-10-12)16-22(20,21)13-7-4-3-5-8-13/h3-5,7-8,12,16H,2,6,9-11H2,1H3. The summed E-state index contributed by atoms with van der Waals surface area (Å²) < 4.78 is 24.6. The molecule has 1 N–H and O–H groups in total. The molecule has 1 aromatic rings. The van der Waals surface area contributed by atoms with Crippen LogP contribution >= 0.6 is 0 Å². The summed E-state index contributed by atoms with van der Waals surface area (Å²) in [5.74, 6) is -1.09. The van der Waals surface area contributed by atoms with Crippen LogP contribution in [-0.2, 0) is 19.6 Å². The molecule has 0 saturated heterocycles. The lowest BCUT2D eigenvalue weighted by Gasteiger charge is -2.22. The average molecular weight is 324 g/mol. The molecule has 1 aliphatic rings. The van der Waals surface area contributed by atoms with E-state index in [4.69, 9.17) is 0 Å². The van der Waals surface area contributed by atoms with E-state index in [1.165, 1.54) is 12.1 Å². The fourth-order valence-electron chi connectivity index (χ4n) is 2.00. The summed E-state index contributed by atoms with van der Waals surface area (Å²) in [6, 6.07) is 7.79. The number of benzene rings is 1. The van der Waals surface area contributed by atoms with Crippen molar-refractivity contribution in [2.75, 3.05) is 6.54 Å². The molecular formula is C15H20N2O4S. The molecule has 120 valence electrons. The third-order valence-corrected chi connectivity index (χ3v) is 4.74. The lowest BCUT2D eigenvalue weighted by molar-refractivity contribution is -0.146. The Morgan fingerprint density at radius 1 is 1.23 bits per heavy atom. The van der Waals surface area contributed by atoms with Crippen LogP contribution in [0.5, 0.6) is 0 Å². The number of Topliss-reactive ketones (excluding diaryl/α,β-unsaturated/α-hetero) is 1. The minimum absolute atomic E-state index is 0.0616. The van der Waals surface area contributed by atoms with Crippen LogP contribution in [0.2, 0.25) is 0 Å². The maximum absolute atomic E-state index is 12.3. The summed E-state index contributed by atoms with van der Waals surface area (Å²) in [5, 5.41) is 0.956. The largest absolute Gasteiger partial charge is 0.304 e. The second-order valence-corrected chi connectivity index (χ2v) is 7.10. The molecule has 6 nitrogen and oxygen atoms in total. The molecule has 7 heteroatoms. The van der Waals surface area contributed by atoms with E-state index >= 15 is 0 Å². The molecule has 0 spiro atoms. The van der Waals surface area contributed by atoms with Crippen LogP contribution in [0.4, 0.5) is 0 Å². The molecule has 2 rings (SSSR count). The van der Waals surface area contributed by atoms with Crippen LogP contribution in [-0.4, -0.2) is 31.7 Å². The van der Waals surface area contributed by atoms with Crippen molar-refractivity contribution >= 4 is 21.7 Å². The van der Waals surface area contributed by atoms with E-state index < -0.39 is 21.7 Å². The molecule has 0 radical (unpaired) electrons. The first-order valence-electron chi connectivity index (χ1n) is 7.36. The van der Waals surface area contributed by atoms with Gasteiger partial charge in [-0.2, -0.15) is 0 Å². The van der Waals surface area contributed by atoms with Crippen molar-refractivity contribution in [1.29, 1.82) is 0 Å². The summed E-state index contributed by atoms with van der Waals surface area (Å²) in [4.78, 5) is 26.3. The van der Waals surface area contributed by atoms with E-state index in [1.54, 1.807) is 25.1 Å². The fourth-order valence-corrected chi connectivity index (χ4v) is 3.07. The quantitative estimate of drug-likeness (QED) is 0.580. The Hall–Kier alpha value is -1.73. The molecule has 0 aliphatic heterocycles. The first-order chi connectivity index (χ1) is 10.4. The summed E-state index contributed by atoms with van der Waals surface area (Å²) in [6.45, 7) is 2.03. The van der Waals surface area contributed by atoms with Crippen molar-refractivity contribution in [3.05, 3.63) is 30.3 Å². The number of hydrogen-bond donors (Lipinski definition) is 1. The highest BCUT2D eigenvalue weighted by Crippen LogP contribution is 2.29. The molecular weight excluding hydrogens is 304 g/mol. The van der Waals surface area contributed by atoms with Gasteiger partial charge in [-0.1, -0.05) is 25.1 Å². The van der Waals surface area contributed by atoms with Gasteiger partial charge in [0, 0.05) is 13.0 Å². The van der Waals surface area contributed by atoms with Gasteiger partial charge in [0.1, 0.15) is 0 Å². The fraction of sp³-hybridized carbons (Fsp3) is 0.467. The van der Waals surface area contributed by atoms with Crippen LogP contribution in [0.15, 0.2) is 35.2 Å². The van der Waals surface area contributed by atoms with Crippen LogP contribution in [0.25, 0.3) is 0 Å². The number of sulfonamides is 1.